The van der Waals surface area contributed by atoms with E-state index in [1.165, 1.54) is 6.33 Å². The number of carbonyl (C=O) groups excluding carboxylic acids is 1. The summed E-state index contributed by atoms with van der Waals surface area (Å²) in [6, 6.07) is -0.308. The van der Waals surface area contributed by atoms with E-state index in [2.05, 4.69) is 21.5 Å². The highest BCUT2D eigenvalue weighted by Gasteiger charge is 2.39. The van der Waals surface area contributed by atoms with E-state index in [1.54, 1.807) is 4.57 Å². The fourth-order valence-electron chi connectivity index (χ4n) is 3.30. The lowest BCUT2D eigenvalue weighted by Gasteiger charge is -2.18. The third-order valence-corrected chi connectivity index (χ3v) is 4.62. The minimum atomic E-state index is -0.712. The first-order valence-corrected chi connectivity index (χ1v) is 8.52. The Balaban J connectivity index is 1.80. The predicted molar refractivity (Wildman–Crippen MR) is 95.3 cm³/mol. The lowest BCUT2D eigenvalue weighted by atomic mass is 10.0. The molecule has 0 aliphatic heterocycles. The molecule has 3 rings (SSSR count). The van der Waals surface area contributed by atoms with E-state index in [0.29, 0.717) is 24.1 Å². The second kappa shape index (κ2) is 6.91. The zero-order chi connectivity index (χ0) is 19.0. The van der Waals surface area contributed by atoms with Crippen LogP contribution >= 0.6 is 0 Å². The lowest BCUT2D eigenvalue weighted by molar-refractivity contribution is -0.146. The highest BCUT2D eigenvalue weighted by molar-refractivity contribution is 5.71. The van der Waals surface area contributed by atoms with Crippen LogP contribution in [-0.2, 0) is 9.53 Å². The molecule has 2 aromatic heterocycles. The lowest BCUT2D eigenvalue weighted by Crippen LogP contribution is -2.22. The number of nitrogen functional groups attached to an aromatic ring is 1. The molecule has 2 heterocycles. The number of H-pyrrole nitrogens is 1. The van der Waals surface area contributed by atoms with Gasteiger partial charge in [0.1, 0.15) is 6.61 Å². The average Bonchev–Trinajstić information content (AvgIpc) is 3.06. The van der Waals surface area contributed by atoms with Crippen LogP contribution in [0.2, 0.25) is 0 Å². The van der Waals surface area contributed by atoms with Crippen molar-refractivity contribution in [3.8, 4) is 0 Å². The summed E-state index contributed by atoms with van der Waals surface area (Å²) < 4.78 is 6.98. The summed E-state index contributed by atoms with van der Waals surface area (Å²) >= 11 is 0. The molecule has 0 saturated heterocycles. The predicted octanol–water partition coefficient (Wildman–Crippen LogP) is 0.769. The molecule has 0 bridgehead atoms. The van der Waals surface area contributed by atoms with Crippen molar-refractivity contribution in [1.82, 2.24) is 19.5 Å². The fourth-order valence-corrected chi connectivity index (χ4v) is 3.30. The maximum atomic E-state index is 11.9. The third-order valence-electron chi connectivity index (χ3n) is 4.62. The van der Waals surface area contributed by atoms with Crippen LogP contribution in [0.25, 0.3) is 11.2 Å². The number of esters is 1. The quantitative estimate of drug-likeness (QED) is 0.528. The van der Waals surface area contributed by atoms with Crippen molar-refractivity contribution in [2.75, 3.05) is 12.3 Å². The number of nitrogens with zero attached hydrogens (tertiary/aromatic N) is 3. The molecule has 0 aromatic carbocycles. The van der Waals surface area contributed by atoms with Crippen molar-refractivity contribution in [3.63, 3.8) is 0 Å². The molecule has 2 aromatic rings. The average molecular weight is 361 g/mol. The van der Waals surface area contributed by atoms with E-state index in [4.69, 9.17) is 10.5 Å². The molecule has 26 heavy (non-hydrogen) atoms. The second-order valence-corrected chi connectivity index (χ2v) is 7.06. The molecule has 0 radical (unpaired) electrons. The van der Waals surface area contributed by atoms with Gasteiger partial charge in [-0.1, -0.05) is 20.4 Å². The number of ether oxygens (including phenoxy) is 1. The summed E-state index contributed by atoms with van der Waals surface area (Å²) in [5.41, 5.74) is 6.42. The van der Waals surface area contributed by atoms with Crippen molar-refractivity contribution in [1.29, 1.82) is 0 Å². The molecule has 0 spiro atoms. The van der Waals surface area contributed by atoms with Gasteiger partial charge in [-0.15, -0.1) is 0 Å². The van der Waals surface area contributed by atoms with Crippen LogP contribution in [0.4, 0.5) is 5.95 Å². The molecule has 140 valence electrons. The molecule has 1 aliphatic rings. The van der Waals surface area contributed by atoms with Crippen molar-refractivity contribution in [2.45, 2.75) is 38.8 Å². The summed E-state index contributed by atoms with van der Waals surface area (Å²) in [7, 11) is 0. The number of imidazole rings is 1. The van der Waals surface area contributed by atoms with Gasteiger partial charge in [-0.05, 0) is 17.9 Å². The molecule has 9 nitrogen and oxygen atoms in total. The van der Waals surface area contributed by atoms with E-state index >= 15 is 0 Å². The van der Waals surface area contributed by atoms with Gasteiger partial charge in [-0.3, -0.25) is 14.6 Å². The second-order valence-electron chi connectivity index (χ2n) is 7.06. The van der Waals surface area contributed by atoms with E-state index in [0.717, 1.165) is 0 Å². The molecule has 9 heteroatoms. The number of aromatic nitrogens is 4. The van der Waals surface area contributed by atoms with Gasteiger partial charge in [0.25, 0.3) is 5.56 Å². The number of aliphatic hydroxyl groups is 1. The topological polar surface area (TPSA) is 136 Å². The summed E-state index contributed by atoms with van der Waals surface area (Å²) in [6.45, 7) is 8.01. The van der Waals surface area contributed by atoms with Crippen LogP contribution in [-0.4, -0.2) is 43.3 Å². The smallest absolute Gasteiger partial charge is 0.306 e. The normalized spacial score (nSPS) is 23.1. The minimum Gasteiger partial charge on any atom is -0.465 e. The van der Waals surface area contributed by atoms with Crippen LogP contribution < -0.4 is 11.3 Å². The number of aromatic amines is 1. The van der Waals surface area contributed by atoms with Gasteiger partial charge in [0.15, 0.2) is 11.2 Å². The molecule has 0 unspecified atom stereocenters. The Kier molecular flexibility index (Phi) is 4.82. The van der Waals surface area contributed by atoms with Crippen LogP contribution in [0, 0.1) is 11.8 Å². The number of aliphatic hydroxyl groups excluding tert-OH is 1. The third kappa shape index (κ3) is 3.34. The number of nitrogens with two attached hydrogens (primary N) is 1. The number of nitrogens with one attached hydrogen (secondary N) is 1. The van der Waals surface area contributed by atoms with Crippen molar-refractivity contribution < 1.29 is 14.6 Å². The minimum absolute atomic E-state index is 0.00688. The summed E-state index contributed by atoms with van der Waals surface area (Å²) in [4.78, 5) is 34.3. The fraction of sp³-hybridized carbons (Fsp3) is 0.529. The molecule has 1 fully saturated rings. The number of hydrogen-bond donors (Lipinski definition) is 3. The Bertz CT molecular complexity index is 900. The number of rotatable bonds is 5. The highest BCUT2D eigenvalue weighted by atomic mass is 16.5. The maximum Gasteiger partial charge on any atom is 0.306 e. The standard InChI is InChI=1S/C17H23N5O4/c1-8(2)4-13(24)26-6-10-9(3)11(5-12(10)23)22-7-19-14-15(22)20-17(18)21-16(14)25/h7-8,10-12,23H,3-6H2,1-2H3,(H3,18,20,21,25)/t10-,11-,12-/m0/s1. The first kappa shape index (κ1) is 18.1. The first-order valence-electron chi connectivity index (χ1n) is 8.52. The SMILES string of the molecule is C=C1[C@H](COC(=O)CC(C)C)[C@@H](O)C[C@@H]1n1cnc2c(=O)[nH]c(N)nc21. The number of hydrogen-bond acceptors (Lipinski definition) is 7. The number of fused-ring (bicyclic) bond motifs is 1. The molecular weight excluding hydrogens is 338 g/mol. The molecule has 4 N–H and O–H groups in total. The first-order chi connectivity index (χ1) is 12.3. The largest absolute Gasteiger partial charge is 0.465 e. The van der Waals surface area contributed by atoms with Crippen LogP contribution in [0.15, 0.2) is 23.3 Å². The van der Waals surface area contributed by atoms with E-state index in [-0.39, 0.29) is 41.9 Å². The summed E-state index contributed by atoms with van der Waals surface area (Å²) in [5.74, 6) is -0.475. The summed E-state index contributed by atoms with van der Waals surface area (Å²) in [5, 5.41) is 10.4. The maximum absolute atomic E-state index is 11.9. The van der Waals surface area contributed by atoms with E-state index in [9.17, 15) is 14.7 Å². The van der Waals surface area contributed by atoms with Gasteiger partial charge in [0.2, 0.25) is 5.95 Å². The zero-order valence-corrected chi connectivity index (χ0v) is 14.8. The molecule has 3 atom stereocenters. The van der Waals surface area contributed by atoms with Gasteiger partial charge in [-0.2, -0.15) is 4.98 Å². The highest BCUT2D eigenvalue weighted by Crippen LogP contribution is 2.40. The monoisotopic (exact) mass is 361 g/mol. The van der Waals surface area contributed by atoms with Gasteiger partial charge >= 0.3 is 5.97 Å². The Labute approximate surface area is 149 Å². The van der Waals surface area contributed by atoms with Gasteiger partial charge in [0, 0.05) is 12.3 Å². The van der Waals surface area contributed by atoms with Crippen molar-refractivity contribution in [2.24, 2.45) is 11.8 Å². The van der Waals surface area contributed by atoms with Crippen LogP contribution in [0.5, 0.6) is 0 Å². The van der Waals surface area contributed by atoms with Crippen molar-refractivity contribution >= 4 is 23.1 Å². The Hall–Kier alpha value is -2.68. The van der Waals surface area contributed by atoms with E-state index < -0.39 is 11.7 Å². The van der Waals surface area contributed by atoms with E-state index in [1.807, 2.05) is 13.8 Å². The zero-order valence-electron chi connectivity index (χ0n) is 14.8. The van der Waals surface area contributed by atoms with Gasteiger partial charge in [0.05, 0.1) is 18.5 Å². The Morgan fingerprint density at radius 2 is 2.31 bits per heavy atom. The summed E-state index contributed by atoms with van der Waals surface area (Å²) in [6.07, 6.45) is 1.47. The number of carbonyl (C=O) groups is 1. The number of anilines is 1. The van der Waals surface area contributed by atoms with Gasteiger partial charge in [-0.25, -0.2) is 4.98 Å². The van der Waals surface area contributed by atoms with Crippen LogP contribution in [0.1, 0.15) is 32.7 Å². The van der Waals surface area contributed by atoms with Crippen LogP contribution in [0.3, 0.4) is 0 Å². The molecular formula is C17H23N5O4. The molecule has 1 aliphatic carbocycles. The molecule has 1 saturated carbocycles. The Morgan fingerprint density at radius 3 is 3.00 bits per heavy atom. The van der Waals surface area contributed by atoms with Crippen molar-refractivity contribution in [3.05, 3.63) is 28.8 Å². The Morgan fingerprint density at radius 1 is 1.58 bits per heavy atom. The van der Waals surface area contributed by atoms with Gasteiger partial charge < -0.3 is 20.1 Å². The molecule has 0 amide bonds.